The average molecular weight is 259 g/mol. The minimum Gasteiger partial charge on any atom is -0.497 e. The van der Waals surface area contributed by atoms with Crippen molar-refractivity contribution in [3.63, 3.8) is 0 Å². The largest absolute Gasteiger partial charge is 0.497 e. The second-order valence-corrected chi connectivity index (χ2v) is 5.33. The number of H-pyrrole nitrogens is 1. The quantitative estimate of drug-likeness (QED) is 0.914. The number of benzene rings is 1. The molecular weight excluding hydrogens is 238 g/mol. The van der Waals surface area contributed by atoms with Gasteiger partial charge in [0, 0.05) is 49.3 Å². The highest BCUT2D eigenvalue weighted by Crippen LogP contribution is 2.22. The van der Waals surface area contributed by atoms with Crippen LogP contribution in [-0.4, -0.2) is 55.1 Å². The van der Waals surface area contributed by atoms with Gasteiger partial charge in [-0.2, -0.15) is 0 Å². The van der Waals surface area contributed by atoms with Gasteiger partial charge in [-0.25, -0.2) is 0 Å². The van der Waals surface area contributed by atoms with Gasteiger partial charge >= 0.3 is 0 Å². The SMILES string of the molecule is COc1ccc2[nH]c(CN3CCN(C)CC3)cc2c1. The Hall–Kier alpha value is -1.52. The molecule has 1 N–H and O–H groups in total. The molecule has 3 rings (SSSR count). The predicted octanol–water partition coefficient (Wildman–Crippen LogP) is 1.92. The van der Waals surface area contributed by atoms with E-state index in [4.69, 9.17) is 4.74 Å². The Balaban J connectivity index is 1.74. The number of aromatic amines is 1. The van der Waals surface area contributed by atoms with Crippen LogP contribution < -0.4 is 4.74 Å². The Morgan fingerprint density at radius 1 is 1.16 bits per heavy atom. The first-order valence-corrected chi connectivity index (χ1v) is 6.81. The summed E-state index contributed by atoms with van der Waals surface area (Å²) in [5.41, 5.74) is 2.47. The lowest BCUT2D eigenvalue weighted by atomic mass is 10.2. The van der Waals surface area contributed by atoms with Crippen LogP contribution in [0.1, 0.15) is 5.69 Å². The molecular formula is C15H21N3O. The summed E-state index contributed by atoms with van der Waals surface area (Å²) in [6.45, 7) is 5.62. The van der Waals surface area contributed by atoms with Gasteiger partial charge in [-0.15, -0.1) is 0 Å². The van der Waals surface area contributed by atoms with E-state index in [1.807, 2.05) is 6.07 Å². The first-order valence-electron chi connectivity index (χ1n) is 6.81. The van der Waals surface area contributed by atoms with Crippen LogP contribution in [0.25, 0.3) is 10.9 Å². The van der Waals surface area contributed by atoms with Crippen LogP contribution >= 0.6 is 0 Å². The lowest BCUT2D eigenvalue weighted by Gasteiger charge is -2.31. The number of nitrogens with zero attached hydrogens (tertiary/aromatic N) is 2. The molecule has 1 aromatic heterocycles. The van der Waals surface area contributed by atoms with Gasteiger partial charge in [0.25, 0.3) is 0 Å². The van der Waals surface area contributed by atoms with Crippen molar-refractivity contribution in [1.82, 2.24) is 14.8 Å². The van der Waals surface area contributed by atoms with Crippen molar-refractivity contribution < 1.29 is 4.74 Å². The molecule has 0 bridgehead atoms. The zero-order valence-corrected chi connectivity index (χ0v) is 11.6. The van der Waals surface area contributed by atoms with Gasteiger partial charge < -0.3 is 14.6 Å². The third-order valence-electron chi connectivity index (χ3n) is 3.87. The number of likely N-dealkylation sites (N-methyl/N-ethyl adjacent to an activating group) is 1. The van der Waals surface area contributed by atoms with Crippen molar-refractivity contribution in [2.75, 3.05) is 40.3 Å². The number of methoxy groups -OCH3 is 1. The van der Waals surface area contributed by atoms with Crippen LogP contribution in [0, 0.1) is 0 Å². The fourth-order valence-electron chi connectivity index (χ4n) is 2.63. The third kappa shape index (κ3) is 2.74. The van der Waals surface area contributed by atoms with E-state index in [0.717, 1.165) is 38.5 Å². The standard InChI is InChI=1S/C15H21N3O/c1-17-5-7-18(8-6-17)11-13-9-12-10-14(19-2)3-4-15(12)16-13/h3-4,9-10,16H,5-8,11H2,1-2H3. The number of ether oxygens (including phenoxy) is 1. The molecule has 0 spiro atoms. The maximum atomic E-state index is 5.26. The molecule has 1 aliphatic heterocycles. The summed E-state index contributed by atoms with van der Waals surface area (Å²) in [5.74, 6) is 0.914. The lowest BCUT2D eigenvalue weighted by Crippen LogP contribution is -2.43. The van der Waals surface area contributed by atoms with Gasteiger partial charge in [0.2, 0.25) is 0 Å². The fourth-order valence-corrected chi connectivity index (χ4v) is 2.63. The summed E-state index contributed by atoms with van der Waals surface area (Å²) in [6, 6.07) is 8.40. The molecule has 1 fully saturated rings. The first kappa shape index (κ1) is 12.5. The van der Waals surface area contributed by atoms with E-state index >= 15 is 0 Å². The van der Waals surface area contributed by atoms with E-state index in [2.05, 4.69) is 40.0 Å². The number of hydrogen-bond donors (Lipinski definition) is 1. The monoisotopic (exact) mass is 259 g/mol. The number of nitrogens with one attached hydrogen (secondary N) is 1. The molecule has 0 saturated carbocycles. The maximum Gasteiger partial charge on any atom is 0.119 e. The molecule has 1 aromatic carbocycles. The summed E-state index contributed by atoms with van der Waals surface area (Å²) in [7, 11) is 3.89. The average Bonchev–Trinajstić information content (AvgIpc) is 2.82. The van der Waals surface area contributed by atoms with Crippen molar-refractivity contribution in [3.8, 4) is 5.75 Å². The van der Waals surface area contributed by atoms with Gasteiger partial charge in [-0.3, -0.25) is 4.90 Å². The Kier molecular flexibility index (Phi) is 3.44. The lowest BCUT2D eigenvalue weighted by molar-refractivity contribution is 0.147. The minimum atomic E-state index is 0.914. The molecule has 0 aliphatic carbocycles. The van der Waals surface area contributed by atoms with Gasteiger partial charge in [-0.05, 0) is 31.3 Å². The van der Waals surface area contributed by atoms with Crippen molar-refractivity contribution in [3.05, 3.63) is 30.0 Å². The minimum absolute atomic E-state index is 0.914. The number of rotatable bonds is 3. The van der Waals surface area contributed by atoms with Gasteiger partial charge in [0.1, 0.15) is 5.75 Å². The van der Waals surface area contributed by atoms with Crippen LogP contribution in [0.3, 0.4) is 0 Å². The Bertz CT molecular complexity index is 556. The van der Waals surface area contributed by atoms with Crippen LogP contribution in [0.15, 0.2) is 24.3 Å². The van der Waals surface area contributed by atoms with E-state index in [-0.39, 0.29) is 0 Å². The van der Waals surface area contributed by atoms with Crippen molar-refractivity contribution in [1.29, 1.82) is 0 Å². The fraction of sp³-hybridized carbons (Fsp3) is 0.467. The normalized spacial score (nSPS) is 18.0. The predicted molar refractivity (Wildman–Crippen MR) is 77.6 cm³/mol. The Labute approximate surface area is 114 Å². The molecule has 4 heteroatoms. The van der Waals surface area contributed by atoms with Gasteiger partial charge in [-0.1, -0.05) is 0 Å². The summed E-state index contributed by atoms with van der Waals surface area (Å²) >= 11 is 0. The summed E-state index contributed by atoms with van der Waals surface area (Å²) < 4.78 is 5.26. The van der Waals surface area contributed by atoms with Crippen molar-refractivity contribution in [2.45, 2.75) is 6.54 Å². The van der Waals surface area contributed by atoms with E-state index < -0.39 is 0 Å². The molecule has 4 nitrogen and oxygen atoms in total. The van der Waals surface area contributed by atoms with Crippen molar-refractivity contribution >= 4 is 10.9 Å². The van der Waals surface area contributed by atoms with Crippen LogP contribution in [0.5, 0.6) is 5.75 Å². The molecule has 2 heterocycles. The highest BCUT2D eigenvalue weighted by Gasteiger charge is 2.14. The van der Waals surface area contributed by atoms with E-state index in [1.54, 1.807) is 7.11 Å². The van der Waals surface area contributed by atoms with Crippen LogP contribution in [0.4, 0.5) is 0 Å². The summed E-state index contributed by atoms with van der Waals surface area (Å²) in [5, 5.41) is 1.23. The zero-order valence-electron chi connectivity index (χ0n) is 11.6. The molecule has 2 aromatic rings. The topological polar surface area (TPSA) is 31.5 Å². The molecule has 102 valence electrons. The summed E-state index contributed by atoms with van der Waals surface area (Å²) in [6.07, 6.45) is 0. The molecule has 1 aliphatic rings. The summed E-state index contributed by atoms with van der Waals surface area (Å²) in [4.78, 5) is 8.38. The highest BCUT2D eigenvalue weighted by molar-refractivity contribution is 5.81. The van der Waals surface area contributed by atoms with Crippen molar-refractivity contribution in [2.24, 2.45) is 0 Å². The van der Waals surface area contributed by atoms with E-state index in [0.29, 0.717) is 0 Å². The molecule has 0 radical (unpaired) electrons. The Morgan fingerprint density at radius 2 is 1.95 bits per heavy atom. The zero-order chi connectivity index (χ0) is 13.2. The second-order valence-electron chi connectivity index (χ2n) is 5.33. The molecule has 0 amide bonds. The second kappa shape index (κ2) is 5.23. The van der Waals surface area contributed by atoms with Gasteiger partial charge in [0.15, 0.2) is 0 Å². The first-order chi connectivity index (χ1) is 9.24. The number of hydrogen-bond acceptors (Lipinski definition) is 3. The smallest absolute Gasteiger partial charge is 0.119 e. The highest BCUT2D eigenvalue weighted by atomic mass is 16.5. The van der Waals surface area contributed by atoms with Gasteiger partial charge in [0.05, 0.1) is 7.11 Å². The number of piperazine rings is 1. The molecule has 0 unspecified atom stereocenters. The molecule has 1 saturated heterocycles. The number of fused-ring (bicyclic) bond motifs is 1. The third-order valence-corrected chi connectivity index (χ3v) is 3.87. The van der Waals surface area contributed by atoms with Crippen LogP contribution in [-0.2, 0) is 6.54 Å². The van der Waals surface area contributed by atoms with E-state index in [1.165, 1.54) is 16.6 Å². The van der Waals surface area contributed by atoms with E-state index in [9.17, 15) is 0 Å². The number of aromatic nitrogens is 1. The Morgan fingerprint density at radius 3 is 2.68 bits per heavy atom. The molecule has 0 atom stereocenters. The maximum absolute atomic E-state index is 5.26. The van der Waals surface area contributed by atoms with Crippen LogP contribution in [0.2, 0.25) is 0 Å². The molecule has 19 heavy (non-hydrogen) atoms.